The van der Waals surface area contributed by atoms with Crippen LogP contribution in [0, 0.1) is 0 Å². The van der Waals surface area contributed by atoms with Crippen LogP contribution in [0.1, 0.15) is 50.1 Å². The van der Waals surface area contributed by atoms with Crippen LogP contribution >= 0.6 is 0 Å². The van der Waals surface area contributed by atoms with Gasteiger partial charge in [-0.3, -0.25) is 4.79 Å². The fourth-order valence-corrected chi connectivity index (χ4v) is 3.95. The van der Waals surface area contributed by atoms with Crippen LogP contribution in [0.2, 0.25) is 0 Å². The first-order chi connectivity index (χ1) is 11.1. The summed E-state index contributed by atoms with van der Waals surface area (Å²) < 4.78 is 0. The highest BCUT2D eigenvalue weighted by atomic mass is 16.3. The second-order valence-electron chi connectivity index (χ2n) is 7.24. The van der Waals surface area contributed by atoms with Gasteiger partial charge in [-0.15, -0.1) is 0 Å². The topological polar surface area (TPSA) is 43.8 Å². The van der Waals surface area contributed by atoms with Crippen molar-refractivity contribution in [1.82, 2.24) is 9.80 Å². The zero-order chi connectivity index (χ0) is 16.3. The molecule has 1 aliphatic carbocycles. The number of rotatable bonds is 3. The van der Waals surface area contributed by atoms with Crippen molar-refractivity contribution in [2.24, 2.45) is 0 Å². The molecule has 23 heavy (non-hydrogen) atoms. The highest BCUT2D eigenvalue weighted by Gasteiger charge is 2.36. The molecule has 1 heterocycles. The van der Waals surface area contributed by atoms with Crippen molar-refractivity contribution in [3.05, 3.63) is 35.9 Å². The summed E-state index contributed by atoms with van der Waals surface area (Å²) in [4.78, 5) is 17.2. The SMILES string of the molecule is CN1CCN(C(=O)CC2(O)CCCCC2)C(c2ccccc2)C1. The standard InChI is InChI=1S/C19H28N2O2/c1-20-12-13-21(17(15-20)16-8-4-2-5-9-16)18(22)14-19(23)10-6-3-7-11-19/h2,4-5,8-9,17,23H,3,6-7,10-15H2,1H3. The Labute approximate surface area is 139 Å². The Morgan fingerprint density at radius 2 is 1.87 bits per heavy atom. The van der Waals surface area contributed by atoms with E-state index in [0.717, 1.165) is 45.3 Å². The minimum atomic E-state index is -0.778. The van der Waals surface area contributed by atoms with E-state index in [-0.39, 0.29) is 18.4 Å². The maximum atomic E-state index is 12.9. The van der Waals surface area contributed by atoms with E-state index in [2.05, 4.69) is 24.1 Å². The number of hydrogen-bond donors (Lipinski definition) is 1. The lowest BCUT2D eigenvalue weighted by atomic mass is 9.82. The molecule has 1 aliphatic heterocycles. The van der Waals surface area contributed by atoms with Crippen molar-refractivity contribution in [3.8, 4) is 0 Å². The van der Waals surface area contributed by atoms with Gasteiger partial charge in [0.1, 0.15) is 0 Å². The molecule has 1 N–H and O–H groups in total. The Morgan fingerprint density at radius 1 is 1.17 bits per heavy atom. The summed E-state index contributed by atoms with van der Waals surface area (Å²) in [6.45, 7) is 2.49. The summed E-state index contributed by atoms with van der Waals surface area (Å²) in [7, 11) is 2.10. The van der Waals surface area contributed by atoms with Gasteiger partial charge >= 0.3 is 0 Å². The monoisotopic (exact) mass is 316 g/mol. The van der Waals surface area contributed by atoms with Crippen LogP contribution in [0.15, 0.2) is 30.3 Å². The fourth-order valence-electron chi connectivity index (χ4n) is 3.95. The van der Waals surface area contributed by atoms with Crippen LogP contribution in [0.5, 0.6) is 0 Å². The molecule has 0 spiro atoms. The molecular weight excluding hydrogens is 288 g/mol. The molecule has 126 valence electrons. The number of amides is 1. The third-order valence-corrected chi connectivity index (χ3v) is 5.35. The molecule has 1 unspecified atom stereocenters. The lowest BCUT2D eigenvalue weighted by Crippen LogP contribution is -2.51. The molecule has 3 rings (SSSR count). The van der Waals surface area contributed by atoms with Gasteiger partial charge in [-0.2, -0.15) is 0 Å². The van der Waals surface area contributed by atoms with Crippen molar-refractivity contribution in [2.75, 3.05) is 26.7 Å². The van der Waals surface area contributed by atoms with E-state index in [1.807, 2.05) is 23.1 Å². The van der Waals surface area contributed by atoms with E-state index in [9.17, 15) is 9.90 Å². The molecular formula is C19H28N2O2. The number of aliphatic hydroxyl groups is 1. The molecule has 1 saturated heterocycles. The lowest BCUT2D eigenvalue weighted by Gasteiger charge is -2.42. The van der Waals surface area contributed by atoms with Crippen LogP contribution in [-0.2, 0) is 4.79 Å². The minimum absolute atomic E-state index is 0.0923. The van der Waals surface area contributed by atoms with Gasteiger partial charge in [0.15, 0.2) is 0 Å². The maximum Gasteiger partial charge on any atom is 0.226 e. The second kappa shape index (κ2) is 7.02. The van der Waals surface area contributed by atoms with E-state index in [0.29, 0.717) is 0 Å². The Balaban J connectivity index is 1.74. The third-order valence-electron chi connectivity index (χ3n) is 5.35. The summed E-state index contributed by atoms with van der Waals surface area (Å²) in [6, 6.07) is 10.4. The van der Waals surface area contributed by atoms with Gasteiger partial charge in [0.25, 0.3) is 0 Å². The van der Waals surface area contributed by atoms with Crippen molar-refractivity contribution in [3.63, 3.8) is 0 Å². The van der Waals surface area contributed by atoms with Gasteiger partial charge < -0.3 is 14.9 Å². The average molecular weight is 316 g/mol. The van der Waals surface area contributed by atoms with Crippen LogP contribution in [0.4, 0.5) is 0 Å². The third kappa shape index (κ3) is 3.93. The summed E-state index contributed by atoms with van der Waals surface area (Å²) in [5, 5.41) is 10.7. The van der Waals surface area contributed by atoms with Crippen LogP contribution in [-0.4, -0.2) is 53.1 Å². The summed E-state index contributed by atoms with van der Waals surface area (Å²) in [5.74, 6) is 0.108. The average Bonchev–Trinajstić information content (AvgIpc) is 2.55. The Hall–Kier alpha value is -1.39. The summed E-state index contributed by atoms with van der Waals surface area (Å²) in [5.41, 5.74) is 0.406. The normalized spacial score (nSPS) is 25.3. The largest absolute Gasteiger partial charge is 0.389 e. The van der Waals surface area contributed by atoms with E-state index in [1.165, 1.54) is 12.0 Å². The number of carbonyl (C=O) groups excluding carboxylic acids is 1. The van der Waals surface area contributed by atoms with Crippen molar-refractivity contribution in [1.29, 1.82) is 0 Å². The van der Waals surface area contributed by atoms with Crippen LogP contribution < -0.4 is 0 Å². The molecule has 1 amide bonds. The second-order valence-corrected chi connectivity index (χ2v) is 7.24. The molecule has 1 aromatic carbocycles. The van der Waals surface area contributed by atoms with E-state index in [1.54, 1.807) is 0 Å². The maximum absolute atomic E-state index is 12.9. The molecule has 2 aliphatic rings. The quantitative estimate of drug-likeness (QED) is 0.932. The molecule has 1 atom stereocenters. The summed E-state index contributed by atoms with van der Waals surface area (Å²) in [6.07, 6.45) is 5.06. The first-order valence-electron chi connectivity index (χ1n) is 8.83. The molecule has 4 heteroatoms. The van der Waals surface area contributed by atoms with Crippen LogP contribution in [0.25, 0.3) is 0 Å². The first-order valence-corrected chi connectivity index (χ1v) is 8.83. The lowest BCUT2D eigenvalue weighted by molar-refractivity contribution is -0.142. The molecule has 0 aromatic heterocycles. The molecule has 1 aromatic rings. The fraction of sp³-hybridized carbons (Fsp3) is 0.632. The number of likely N-dealkylation sites (N-methyl/N-ethyl adjacent to an activating group) is 1. The van der Waals surface area contributed by atoms with Gasteiger partial charge in [0.2, 0.25) is 5.91 Å². The molecule has 0 radical (unpaired) electrons. The smallest absolute Gasteiger partial charge is 0.226 e. The highest BCUT2D eigenvalue weighted by molar-refractivity contribution is 5.78. The zero-order valence-electron chi connectivity index (χ0n) is 14.1. The van der Waals surface area contributed by atoms with Gasteiger partial charge in [-0.05, 0) is 25.5 Å². The van der Waals surface area contributed by atoms with Crippen molar-refractivity contribution < 1.29 is 9.90 Å². The van der Waals surface area contributed by atoms with E-state index in [4.69, 9.17) is 0 Å². The molecule has 1 saturated carbocycles. The minimum Gasteiger partial charge on any atom is -0.389 e. The number of hydrogen-bond acceptors (Lipinski definition) is 3. The number of carbonyl (C=O) groups is 1. The van der Waals surface area contributed by atoms with E-state index >= 15 is 0 Å². The van der Waals surface area contributed by atoms with Gasteiger partial charge in [-0.1, -0.05) is 49.6 Å². The Morgan fingerprint density at radius 3 is 2.57 bits per heavy atom. The number of piperazine rings is 1. The Kier molecular flexibility index (Phi) is 5.02. The highest BCUT2D eigenvalue weighted by Crippen LogP contribution is 2.33. The first kappa shape index (κ1) is 16.5. The van der Waals surface area contributed by atoms with Gasteiger partial charge in [-0.25, -0.2) is 0 Å². The number of nitrogens with zero attached hydrogens (tertiary/aromatic N) is 2. The molecule has 0 bridgehead atoms. The van der Waals surface area contributed by atoms with Crippen molar-refractivity contribution in [2.45, 2.75) is 50.2 Å². The van der Waals surface area contributed by atoms with Crippen molar-refractivity contribution >= 4 is 5.91 Å². The molecule has 4 nitrogen and oxygen atoms in total. The van der Waals surface area contributed by atoms with E-state index < -0.39 is 5.60 Å². The zero-order valence-corrected chi connectivity index (χ0v) is 14.1. The predicted molar refractivity (Wildman–Crippen MR) is 91.0 cm³/mol. The summed E-state index contributed by atoms with van der Waals surface area (Å²) >= 11 is 0. The van der Waals surface area contributed by atoms with Gasteiger partial charge in [0, 0.05) is 19.6 Å². The van der Waals surface area contributed by atoms with Crippen LogP contribution in [0.3, 0.4) is 0 Å². The predicted octanol–water partition coefficient (Wildman–Crippen LogP) is 2.59. The Bertz CT molecular complexity index is 525. The van der Waals surface area contributed by atoms with Gasteiger partial charge in [0.05, 0.1) is 18.1 Å². The molecule has 2 fully saturated rings. The number of benzene rings is 1.